The fraction of sp³-hybridized carbons (Fsp3) is 0.444. The SMILES string of the molecule is O=C(O)C[C@H](O)CCc1ccsc1. The molecule has 0 aliphatic carbocycles. The summed E-state index contributed by atoms with van der Waals surface area (Å²) in [5.74, 6) is -0.946. The van der Waals surface area contributed by atoms with Gasteiger partial charge in [-0.2, -0.15) is 11.3 Å². The lowest BCUT2D eigenvalue weighted by molar-refractivity contribution is -0.139. The normalized spacial score (nSPS) is 12.7. The minimum atomic E-state index is -0.946. The Hall–Kier alpha value is -0.870. The van der Waals surface area contributed by atoms with Gasteiger partial charge in [-0.25, -0.2) is 0 Å². The molecule has 4 heteroatoms. The van der Waals surface area contributed by atoms with E-state index in [9.17, 15) is 9.90 Å². The van der Waals surface area contributed by atoms with Crippen molar-refractivity contribution in [2.24, 2.45) is 0 Å². The average Bonchev–Trinajstić information content (AvgIpc) is 2.51. The van der Waals surface area contributed by atoms with Crippen molar-refractivity contribution >= 4 is 17.3 Å². The average molecular weight is 200 g/mol. The van der Waals surface area contributed by atoms with E-state index < -0.39 is 12.1 Å². The molecule has 3 nitrogen and oxygen atoms in total. The second-order valence-electron chi connectivity index (χ2n) is 2.92. The van der Waals surface area contributed by atoms with Crippen LogP contribution in [0.4, 0.5) is 0 Å². The quantitative estimate of drug-likeness (QED) is 0.757. The molecule has 1 rings (SSSR count). The molecule has 0 amide bonds. The second-order valence-corrected chi connectivity index (χ2v) is 3.70. The smallest absolute Gasteiger partial charge is 0.305 e. The first-order chi connectivity index (χ1) is 6.18. The molecule has 0 bridgehead atoms. The highest BCUT2D eigenvalue weighted by molar-refractivity contribution is 7.07. The molecule has 2 N–H and O–H groups in total. The Morgan fingerprint density at radius 2 is 2.38 bits per heavy atom. The molecule has 1 atom stereocenters. The van der Waals surface area contributed by atoms with Gasteiger partial charge >= 0.3 is 5.97 Å². The van der Waals surface area contributed by atoms with Crippen molar-refractivity contribution in [2.75, 3.05) is 0 Å². The number of carboxylic acids is 1. The monoisotopic (exact) mass is 200 g/mol. The first-order valence-electron chi connectivity index (χ1n) is 4.09. The summed E-state index contributed by atoms with van der Waals surface area (Å²) in [6.07, 6.45) is 0.378. The van der Waals surface area contributed by atoms with Gasteiger partial charge in [0.15, 0.2) is 0 Å². The summed E-state index contributed by atoms with van der Waals surface area (Å²) < 4.78 is 0. The van der Waals surface area contributed by atoms with Gasteiger partial charge in [0.05, 0.1) is 12.5 Å². The molecule has 1 aromatic heterocycles. The van der Waals surface area contributed by atoms with Crippen LogP contribution in [0.5, 0.6) is 0 Å². The maximum Gasteiger partial charge on any atom is 0.305 e. The number of carbonyl (C=O) groups is 1. The number of carboxylic acid groups (broad SMARTS) is 1. The second kappa shape index (κ2) is 4.99. The Morgan fingerprint density at radius 3 is 2.92 bits per heavy atom. The molecule has 1 aromatic rings. The van der Waals surface area contributed by atoms with Gasteiger partial charge in [-0.1, -0.05) is 0 Å². The molecule has 0 aromatic carbocycles. The van der Waals surface area contributed by atoms with Gasteiger partial charge in [-0.15, -0.1) is 0 Å². The van der Waals surface area contributed by atoms with Gasteiger partial charge in [0.1, 0.15) is 0 Å². The van der Waals surface area contributed by atoms with Crippen LogP contribution >= 0.6 is 11.3 Å². The number of rotatable bonds is 5. The maximum atomic E-state index is 10.2. The summed E-state index contributed by atoms with van der Waals surface area (Å²) in [6.45, 7) is 0. The van der Waals surface area contributed by atoms with Gasteiger partial charge in [-0.05, 0) is 35.2 Å². The number of aliphatic hydroxyl groups excluding tert-OH is 1. The van der Waals surface area contributed by atoms with Crippen LogP contribution in [0.2, 0.25) is 0 Å². The lowest BCUT2D eigenvalue weighted by Crippen LogP contribution is -2.13. The largest absolute Gasteiger partial charge is 0.481 e. The van der Waals surface area contributed by atoms with E-state index in [0.717, 1.165) is 12.0 Å². The molecule has 0 aliphatic rings. The number of aliphatic hydroxyl groups is 1. The topological polar surface area (TPSA) is 57.5 Å². The third kappa shape index (κ3) is 4.05. The molecular weight excluding hydrogens is 188 g/mol. The van der Waals surface area contributed by atoms with Gasteiger partial charge in [-0.3, -0.25) is 4.79 Å². The lowest BCUT2D eigenvalue weighted by atomic mass is 10.1. The predicted molar refractivity (Wildman–Crippen MR) is 50.9 cm³/mol. The van der Waals surface area contributed by atoms with Crippen molar-refractivity contribution in [1.82, 2.24) is 0 Å². The molecule has 1 heterocycles. The summed E-state index contributed by atoms with van der Waals surface area (Å²) in [4.78, 5) is 10.2. The third-order valence-corrected chi connectivity index (χ3v) is 2.49. The van der Waals surface area contributed by atoms with E-state index in [1.807, 2.05) is 16.8 Å². The van der Waals surface area contributed by atoms with Crippen LogP contribution in [0.3, 0.4) is 0 Å². The highest BCUT2D eigenvalue weighted by atomic mass is 32.1. The standard InChI is InChI=1S/C9H12O3S/c10-8(5-9(11)12)2-1-7-3-4-13-6-7/h3-4,6,8,10H,1-2,5H2,(H,11,12)/t8-/m1/s1. The number of thiophene rings is 1. The third-order valence-electron chi connectivity index (χ3n) is 1.76. The molecule has 0 saturated carbocycles. The van der Waals surface area contributed by atoms with Crippen LogP contribution in [0.1, 0.15) is 18.4 Å². The van der Waals surface area contributed by atoms with Gasteiger partial charge in [0.2, 0.25) is 0 Å². The zero-order valence-electron chi connectivity index (χ0n) is 7.14. The van der Waals surface area contributed by atoms with E-state index in [-0.39, 0.29) is 6.42 Å². The first-order valence-corrected chi connectivity index (χ1v) is 5.03. The predicted octanol–water partition coefficient (Wildman–Crippen LogP) is 1.52. The Balaban J connectivity index is 2.22. The summed E-state index contributed by atoms with van der Waals surface area (Å²) in [6, 6.07) is 1.98. The van der Waals surface area contributed by atoms with Crippen molar-refractivity contribution in [2.45, 2.75) is 25.4 Å². The maximum absolute atomic E-state index is 10.2. The van der Waals surface area contributed by atoms with Crippen molar-refractivity contribution in [3.05, 3.63) is 22.4 Å². The van der Waals surface area contributed by atoms with Crippen molar-refractivity contribution in [3.63, 3.8) is 0 Å². The van der Waals surface area contributed by atoms with Crippen molar-refractivity contribution in [1.29, 1.82) is 0 Å². The molecule has 0 radical (unpaired) electrons. The number of hydrogen-bond donors (Lipinski definition) is 2. The lowest BCUT2D eigenvalue weighted by Gasteiger charge is -2.05. The van der Waals surface area contributed by atoms with Crippen molar-refractivity contribution in [3.8, 4) is 0 Å². The van der Waals surface area contributed by atoms with Crippen LogP contribution in [-0.2, 0) is 11.2 Å². The zero-order chi connectivity index (χ0) is 9.68. The van der Waals surface area contributed by atoms with Crippen LogP contribution in [0.25, 0.3) is 0 Å². The van der Waals surface area contributed by atoms with E-state index in [4.69, 9.17) is 5.11 Å². The summed E-state index contributed by atoms with van der Waals surface area (Å²) in [5.41, 5.74) is 1.16. The minimum absolute atomic E-state index is 0.163. The van der Waals surface area contributed by atoms with Gasteiger partial charge in [0.25, 0.3) is 0 Å². The molecule has 0 aliphatic heterocycles. The first kappa shape index (κ1) is 10.2. The van der Waals surface area contributed by atoms with E-state index in [1.54, 1.807) is 11.3 Å². The van der Waals surface area contributed by atoms with Gasteiger partial charge < -0.3 is 10.2 Å². The van der Waals surface area contributed by atoms with E-state index >= 15 is 0 Å². The van der Waals surface area contributed by atoms with Crippen molar-refractivity contribution < 1.29 is 15.0 Å². The zero-order valence-corrected chi connectivity index (χ0v) is 7.96. The fourth-order valence-corrected chi connectivity index (χ4v) is 1.77. The Kier molecular flexibility index (Phi) is 3.92. The number of aryl methyl sites for hydroxylation is 1. The molecule has 0 unspecified atom stereocenters. The fourth-order valence-electron chi connectivity index (χ4n) is 1.07. The van der Waals surface area contributed by atoms with E-state index in [0.29, 0.717) is 6.42 Å². The van der Waals surface area contributed by atoms with Crippen LogP contribution < -0.4 is 0 Å². The highest BCUT2D eigenvalue weighted by Gasteiger charge is 2.09. The summed E-state index contributed by atoms with van der Waals surface area (Å²) in [7, 11) is 0. The summed E-state index contributed by atoms with van der Waals surface area (Å²) in [5, 5.41) is 21.6. The molecule has 0 fully saturated rings. The summed E-state index contributed by atoms with van der Waals surface area (Å²) >= 11 is 1.61. The molecule has 13 heavy (non-hydrogen) atoms. The molecule has 0 spiro atoms. The van der Waals surface area contributed by atoms with Crippen LogP contribution in [-0.4, -0.2) is 22.3 Å². The van der Waals surface area contributed by atoms with Crippen LogP contribution in [0.15, 0.2) is 16.8 Å². The number of hydrogen-bond acceptors (Lipinski definition) is 3. The molecule has 72 valence electrons. The van der Waals surface area contributed by atoms with Gasteiger partial charge in [0, 0.05) is 0 Å². The molecule has 0 saturated heterocycles. The number of aliphatic carboxylic acids is 1. The Bertz CT molecular complexity index is 256. The van der Waals surface area contributed by atoms with E-state index in [2.05, 4.69) is 0 Å². The highest BCUT2D eigenvalue weighted by Crippen LogP contribution is 2.10. The Labute approximate surface area is 80.6 Å². The molecular formula is C9H12O3S. The van der Waals surface area contributed by atoms with E-state index in [1.165, 1.54) is 0 Å². The van der Waals surface area contributed by atoms with Crippen LogP contribution in [0, 0.1) is 0 Å². The minimum Gasteiger partial charge on any atom is -0.481 e. The Morgan fingerprint density at radius 1 is 1.62 bits per heavy atom.